The van der Waals surface area contributed by atoms with E-state index >= 15 is 0 Å². The highest BCUT2D eigenvalue weighted by molar-refractivity contribution is 5.77. The number of anilines is 1. The van der Waals surface area contributed by atoms with E-state index in [9.17, 15) is 4.79 Å². The lowest BCUT2D eigenvalue weighted by Gasteiger charge is -2.25. The quantitative estimate of drug-likeness (QED) is 0.920. The second-order valence-electron chi connectivity index (χ2n) is 5.51. The van der Waals surface area contributed by atoms with E-state index in [2.05, 4.69) is 33.5 Å². The maximum absolute atomic E-state index is 12.4. The lowest BCUT2D eigenvalue weighted by molar-refractivity contribution is -0.131. The number of aryl methyl sites for hydroxylation is 1. The second kappa shape index (κ2) is 6.56. The molecule has 1 amide bonds. The monoisotopic (exact) mass is 296 g/mol. The van der Waals surface area contributed by atoms with Gasteiger partial charge in [0.25, 0.3) is 0 Å². The van der Waals surface area contributed by atoms with E-state index in [1.807, 2.05) is 18.0 Å². The molecule has 3 rings (SSSR count). The topological polar surface area (TPSA) is 58.1 Å². The van der Waals surface area contributed by atoms with Crippen LogP contribution in [0.25, 0.3) is 0 Å². The van der Waals surface area contributed by atoms with Crippen molar-refractivity contribution in [3.63, 3.8) is 0 Å². The molecule has 5 nitrogen and oxygen atoms in total. The number of nitrogens with zero attached hydrogens (tertiary/aromatic N) is 3. The zero-order valence-electron chi connectivity index (χ0n) is 12.7. The molecule has 1 aliphatic rings. The fourth-order valence-corrected chi connectivity index (χ4v) is 2.96. The third-order valence-corrected chi connectivity index (χ3v) is 4.15. The summed E-state index contributed by atoms with van der Waals surface area (Å²) in [6.07, 6.45) is 5.86. The lowest BCUT2D eigenvalue weighted by atomic mass is 10.1. The van der Waals surface area contributed by atoms with Crippen molar-refractivity contribution in [1.29, 1.82) is 0 Å². The molecule has 0 aliphatic heterocycles. The van der Waals surface area contributed by atoms with E-state index < -0.39 is 0 Å². The van der Waals surface area contributed by atoms with Crippen molar-refractivity contribution < 1.29 is 4.79 Å². The summed E-state index contributed by atoms with van der Waals surface area (Å²) in [4.78, 5) is 22.4. The van der Waals surface area contributed by atoms with Crippen LogP contribution in [-0.2, 0) is 11.2 Å². The van der Waals surface area contributed by atoms with Gasteiger partial charge in [-0.2, -0.15) is 0 Å². The summed E-state index contributed by atoms with van der Waals surface area (Å²) in [6.45, 7) is 0.543. The number of amides is 1. The van der Waals surface area contributed by atoms with Gasteiger partial charge in [-0.3, -0.25) is 4.79 Å². The summed E-state index contributed by atoms with van der Waals surface area (Å²) < 4.78 is 0. The van der Waals surface area contributed by atoms with Crippen LogP contribution in [0.3, 0.4) is 0 Å². The second-order valence-corrected chi connectivity index (χ2v) is 5.51. The first kappa shape index (κ1) is 14.5. The summed E-state index contributed by atoms with van der Waals surface area (Å²) in [7, 11) is 1.90. The molecule has 2 aromatic rings. The van der Waals surface area contributed by atoms with Gasteiger partial charge in [0.15, 0.2) is 0 Å². The number of nitrogens with one attached hydrogen (secondary N) is 1. The molecule has 1 aromatic heterocycles. The van der Waals surface area contributed by atoms with E-state index in [0.29, 0.717) is 18.9 Å². The molecular weight excluding hydrogens is 276 g/mol. The zero-order valence-corrected chi connectivity index (χ0v) is 12.7. The van der Waals surface area contributed by atoms with E-state index in [1.54, 1.807) is 18.5 Å². The Kier molecular flexibility index (Phi) is 4.32. The van der Waals surface area contributed by atoms with Gasteiger partial charge in [-0.05, 0) is 30.0 Å². The number of carbonyl (C=O) groups is 1. The lowest BCUT2D eigenvalue weighted by Crippen LogP contribution is -2.31. The Bertz CT molecular complexity index is 644. The fraction of sp³-hybridized carbons (Fsp3) is 0.353. The molecule has 1 N–H and O–H groups in total. The first-order chi connectivity index (χ1) is 10.8. The number of carbonyl (C=O) groups excluding carboxylic acids is 1. The zero-order chi connectivity index (χ0) is 15.4. The fourth-order valence-electron chi connectivity index (χ4n) is 2.96. The van der Waals surface area contributed by atoms with Crippen molar-refractivity contribution in [2.75, 3.05) is 18.9 Å². The van der Waals surface area contributed by atoms with Gasteiger partial charge in [0.2, 0.25) is 11.9 Å². The van der Waals surface area contributed by atoms with Crippen LogP contribution in [0.2, 0.25) is 0 Å². The summed E-state index contributed by atoms with van der Waals surface area (Å²) in [6, 6.07) is 10.4. The highest BCUT2D eigenvalue weighted by Crippen LogP contribution is 2.34. The standard InChI is InChI=1S/C17H20N4O/c1-21(15-8-7-13-5-2-3-6-14(13)15)16(22)9-12-20-17-18-10-4-11-19-17/h2-6,10-11,15H,7-9,12H2,1H3,(H,18,19,20)/t15-/m0/s1. The maximum atomic E-state index is 12.4. The molecular formula is C17H20N4O. The van der Waals surface area contributed by atoms with Crippen LogP contribution in [0, 0.1) is 0 Å². The van der Waals surface area contributed by atoms with Crippen molar-refractivity contribution in [2.45, 2.75) is 25.3 Å². The third kappa shape index (κ3) is 3.08. The normalized spacial score (nSPS) is 16.1. The van der Waals surface area contributed by atoms with E-state index in [4.69, 9.17) is 0 Å². The average molecular weight is 296 g/mol. The molecule has 5 heteroatoms. The predicted octanol–water partition coefficient (Wildman–Crippen LogP) is 2.42. The van der Waals surface area contributed by atoms with E-state index in [0.717, 1.165) is 12.8 Å². The average Bonchev–Trinajstić information content (AvgIpc) is 2.99. The minimum atomic E-state index is 0.144. The van der Waals surface area contributed by atoms with E-state index in [1.165, 1.54) is 11.1 Å². The molecule has 0 radical (unpaired) electrons. The molecule has 0 fully saturated rings. The number of fused-ring (bicyclic) bond motifs is 1. The minimum absolute atomic E-state index is 0.144. The van der Waals surface area contributed by atoms with Crippen molar-refractivity contribution in [1.82, 2.24) is 14.9 Å². The Hall–Kier alpha value is -2.43. The van der Waals surface area contributed by atoms with E-state index in [-0.39, 0.29) is 11.9 Å². The largest absolute Gasteiger partial charge is 0.354 e. The number of benzene rings is 1. The maximum Gasteiger partial charge on any atom is 0.224 e. The molecule has 0 saturated carbocycles. The molecule has 1 aliphatic carbocycles. The molecule has 1 heterocycles. The third-order valence-electron chi connectivity index (χ3n) is 4.15. The molecule has 0 unspecified atom stereocenters. The molecule has 22 heavy (non-hydrogen) atoms. The van der Waals surface area contributed by atoms with Gasteiger partial charge in [0.1, 0.15) is 0 Å². The van der Waals surface area contributed by atoms with Crippen molar-refractivity contribution in [3.05, 3.63) is 53.9 Å². The van der Waals surface area contributed by atoms with Crippen molar-refractivity contribution >= 4 is 11.9 Å². The van der Waals surface area contributed by atoms with Gasteiger partial charge >= 0.3 is 0 Å². The van der Waals surface area contributed by atoms with Crippen LogP contribution in [0.4, 0.5) is 5.95 Å². The predicted molar refractivity (Wildman–Crippen MR) is 85.4 cm³/mol. The molecule has 0 saturated heterocycles. The van der Waals surface area contributed by atoms with Crippen LogP contribution in [0.5, 0.6) is 0 Å². The number of aromatic nitrogens is 2. The molecule has 1 aromatic carbocycles. The van der Waals surface area contributed by atoms with Gasteiger partial charge in [0, 0.05) is 32.4 Å². The minimum Gasteiger partial charge on any atom is -0.354 e. The van der Waals surface area contributed by atoms with Crippen LogP contribution in [0.1, 0.15) is 30.0 Å². The number of rotatable bonds is 5. The van der Waals surface area contributed by atoms with Crippen LogP contribution >= 0.6 is 0 Å². The Balaban J connectivity index is 1.54. The molecule has 1 atom stereocenters. The summed E-state index contributed by atoms with van der Waals surface area (Å²) >= 11 is 0. The van der Waals surface area contributed by atoms with Gasteiger partial charge in [0.05, 0.1) is 6.04 Å². The van der Waals surface area contributed by atoms with Crippen LogP contribution in [0.15, 0.2) is 42.7 Å². The first-order valence-corrected chi connectivity index (χ1v) is 7.60. The summed E-state index contributed by atoms with van der Waals surface area (Å²) in [5.74, 6) is 0.703. The summed E-state index contributed by atoms with van der Waals surface area (Å²) in [5, 5.41) is 3.07. The van der Waals surface area contributed by atoms with Crippen LogP contribution < -0.4 is 5.32 Å². The molecule has 114 valence electrons. The van der Waals surface area contributed by atoms with Gasteiger partial charge in [-0.25, -0.2) is 9.97 Å². The molecule has 0 bridgehead atoms. The highest BCUT2D eigenvalue weighted by Gasteiger charge is 2.27. The van der Waals surface area contributed by atoms with Crippen molar-refractivity contribution in [2.24, 2.45) is 0 Å². The van der Waals surface area contributed by atoms with Gasteiger partial charge in [-0.15, -0.1) is 0 Å². The number of hydrogen-bond acceptors (Lipinski definition) is 4. The molecule has 0 spiro atoms. The Labute approximate surface area is 130 Å². The number of hydrogen-bond donors (Lipinski definition) is 1. The Morgan fingerprint density at radius 2 is 2.05 bits per heavy atom. The highest BCUT2D eigenvalue weighted by atomic mass is 16.2. The van der Waals surface area contributed by atoms with Gasteiger partial charge < -0.3 is 10.2 Å². The van der Waals surface area contributed by atoms with Gasteiger partial charge in [-0.1, -0.05) is 24.3 Å². The Morgan fingerprint density at radius 1 is 1.27 bits per heavy atom. The summed E-state index contributed by atoms with van der Waals surface area (Å²) in [5.41, 5.74) is 2.65. The van der Waals surface area contributed by atoms with Crippen LogP contribution in [-0.4, -0.2) is 34.4 Å². The SMILES string of the molecule is CN(C(=O)CCNc1ncccn1)[C@H]1CCc2ccccc21. The smallest absolute Gasteiger partial charge is 0.224 e. The Morgan fingerprint density at radius 3 is 2.86 bits per heavy atom. The first-order valence-electron chi connectivity index (χ1n) is 7.60. The van der Waals surface area contributed by atoms with Crippen molar-refractivity contribution in [3.8, 4) is 0 Å².